The highest BCUT2D eigenvalue weighted by molar-refractivity contribution is 6.33. The van der Waals surface area contributed by atoms with E-state index < -0.39 is 5.82 Å². The fourth-order valence-electron chi connectivity index (χ4n) is 1.37. The van der Waals surface area contributed by atoms with Gasteiger partial charge in [-0.25, -0.2) is 4.39 Å². The van der Waals surface area contributed by atoms with Crippen LogP contribution in [-0.2, 0) is 0 Å². The number of halogens is 2. The van der Waals surface area contributed by atoms with Gasteiger partial charge in [0.25, 0.3) is 0 Å². The van der Waals surface area contributed by atoms with E-state index in [1.165, 1.54) is 12.1 Å². The van der Waals surface area contributed by atoms with Crippen LogP contribution in [0.2, 0.25) is 5.02 Å². The Labute approximate surface area is 91.8 Å². The summed E-state index contributed by atoms with van der Waals surface area (Å²) in [6.45, 7) is 0. The van der Waals surface area contributed by atoms with Crippen molar-refractivity contribution in [3.05, 3.63) is 53.3 Å². The van der Waals surface area contributed by atoms with Crippen molar-refractivity contribution in [2.75, 3.05) is 0 Å². The molecule has 0 aromatic heterocycles. The fraction of sp³-hybridized carbons (Fsp3) is 0. The molecule has 2 aromatic carbocycles. The van der Waals surface area contributed by atoms with Crippen LogP contribution in [0.25, 0.3) is 11.1 Å². The average Bonchev–Trinajstić information content (AvgIpc) is 2.16. The van der Waals surface area contributed by atoms with Crippen molar-refractivity contribution in [3.8, 4) is 16.9 Å². The summed E-state index contributed by atoms with van der Waals surface area (Å²) in [7, 11) is 0. The summed E-state index contributed by atoms with van der Waals surface area (Å²) in [5, 5.41) is 9.66. The minimum Gasteiger partial charge on any atom is -0.508 e. The van der Waals surface area contributed by atoms with Crippen molar-refractivity contribution in [1.82, 2.24) is 0 Å². The molecule has 15 heavy (non-hydrogen) atoms. The van der Waals surface area contributed by atoms with E-state index in [4.69, 9.17) is 11.6 Å². The highest BCUT2D eigenvalue weighted by Gasteiger charge is 2.05. The lowest BCUT2D eigenvalue weighted by Gasteiger charge is -2.04. The van der Waals surface area contributed by atoms with Gasteiger partial charge in [-0.2, -0.15) is 0 Å². The van der Waals surface area contributed by atoms with E-state index in [-0.39, 0.29) is 5.75 Å². The van der Waals surface area contributed by atoms with Crippen LogP contribution in [0.1, 0.15) is 0 Å². The maximum absolute atomic E-state index is 13.0. The molecule has 1 nitrogen and oxygen atoms in total. The third-order valence-corrected chi connectivity index (χ3v) is 2.31. The fourth-order valence-corrected chi connectivity index (χ4v) is 1.60. The van der Waals surface area contributed by atoms with Gasteiger partial charge in [0.15, 0.2) is 0 Å². The zero-order chi connectivity index (χ0) is 10.8. The molecule has 0 saturated heterocycles. The molecule has 0 aliphatic rings. The molecule has 2 rings (SSSR count). The Bertz CT molecular complexity index is 476. The van der Waals surface area contributed by atoms with E-state index in [0.29, 0.717) is 16.1 Å². The largest absolute Gasteiger partial charge is 0.508 e. The first-order valence-corrected chi connectivity index (χ1v) is 4.71. The van der Waals surface area contributed by atoms with Crippen LogP contribution in [0.4, 0.5) is 4.39 Å². The average molecular weight is 222 g/mol. The van der Waals surface area contributed by atoms with Crippen molar-refractivity contribution >= 4 is 11.6 Å². The van der Waals surface area contributed by atoms with Crippen LogP contribution in [0.15, 0.2) is 36.4 Å². The zero-order valence-corrected chi connectivity index (χ0v) is 8.42. The van der Waals surface area contributed by atoms with E-state index in [0.717, 1.165) is 6.07 Å². The van der Waals surface area contributed by atoms with Gasteiger partial charge in [0.1, 0.15) is 11.6 Å². The Hall–Kier alpha value is -1.54. The molecule has 0 aliphatic heterocycles. The maximum atomic E-state index is 13.0. The lowest BCUT2D eigenvalue weighted by Crippen LogP contribution is -1.82. The molecule has 1 radical (unpaired) electrons. The van der Waals surface area contributed by atoms with Crippen LogP contribution in [0.3, 0.4) is 0 Å². The van der Waals surface area contributed by atoms with Crippen LogP contribution >= 0.6 is 11.6 Å². The Morgan fingerprint density at radius 2 is 2.07 bits per heavy atom. The molecule has 0 amide bonds. The third-order valence-electron chi connectivity index (χ3n) is 2.00. The second-order valence-corrected chi connectivity index (χ2v) is 3.47. The smallest absolute Gasteiger partial charge is 0.127 e. The first kappa shape index (κ1) is 9.99. The van der Waals surface area contributed by atoms with Gasteiger partial charge in [0, 0.05) is 17.7 Å². The van der Waals surface area contributed by atoms with E-state index in [1.54, 1.807) is 18.2 Å². The van der Waals surface area contributed by atoms with E-state index >= 15 is 0 Å². The highest BCUT2D eigenvalue weighted by Crippen LogP contribution is 2.30. The predicted octanol–water partition coefficient (Wildman–Crippen LogP) is 3.65. The Balaban J connectivity index is 2.59. The summed E-state index contributed by atoms with van der Waals surface area (Å²) >= 11 is 5.90. The molecule has 0 heterocycles. The topological polar surface area (TPSA) is 20.2 Å². The molecular formula is C12H7ClFO. The summed E-state index contributed by atoms with van der Waals surface area (Å²) in [4.78, 5) is 0. The zero-order valence-electron chi connectivity index (χ0n) is 7.67. The van der Waals surface area contributed by atoms with E-state index in [1.807, 2.05) is 0 Å². The quantitative estimate of drug-likeness (QED) is 0.779. The lowest BCUT2D eigenvalue weighted by atomic mass is 10.1. The first-order chi connectivity index (χ1) is 7.16. The Morgan fingerprint density at radius 1 is 1.27 bits per heavy atom. The van der Waals surface area contributed by atoms with Crippen LogP contribution in [0.5, 0.6) is 5.75 Å². The van der Waals surface area contributed by atoms with Gasteiger partial charge in [0.05, 0.1) is 5.02 Å². The second kappa shape index (κ2) is 3.91. The minimum absolute atomic E-state index is 0.120. The summed E-state index contributed by atoms with van der Waals surface area (Å²) in [6, 6.07) is 11.8. The van der Waals surface area contributed by atoms with Crippen molar-refractivity contribution in [3.63, 3.8) is 0 Å². The lowest BCUT2D eigenvalue weighted by molar-refractivity contribution is 0.469. The number of benzene rings is 2. The van der Waals surface area contributed by atoms with Gasteiger partial charge in [-0.05, 0) is 17.7 Å². The van der Waals surface area contributed by atoms with Gasteiger partial charge >= 0.3 is 0 Å². The standard InChI is InChI=1S/C12H7ClFO/c13-12-4-2-1-3-11(12)8-5-9(14)7-10(15)6-8/h1-3,5-7,15H. The molecular weight excluding hydrogens is 215 g/mol. The number of hydrogen-bond acceptors (Lipinski definition) is 1. The maximum Gasteiger partial charge on any atom is 0.127 e. The molecule has 0 saturated carbocycles. The van der Waals surface area contributed by atoms with Gasteiger partial charge in [-0.3, -0.25) is 0 Å². The highest BCUT2D eigenvalue weighted by atomic mass is 35.5. The van der Waals surface area contributed by atoms with Crippen molar-refractivity contribution in [2.24, 2.45) is 0 Å². The van der Waals surface area contributed by atoms with Gasteiger partial charge in [-0.15, -0.1) is 0 Å². The SMILES string of the molecule is Oc1cc(F)cc(-c2ccc[c]c2Cl)c1. The second-order valence-electron chi connectivity index (χ2n) is 3.10. The first-order valence-electron chi connectivity index (χ1n) is 4.33. The van der Waals surface area contributed by atoms with Crippen molar-refractivity contribution in [1.29, 1.82) is 0 Å². The number of phenolic OH excluding ortho intramolecular Hbond substituents is 1. The molecule has 0 aliphatic carbocycles. The molecule has 0 atom stereocenters. The van der Waals surface area contributed by atoms with E-state index in [9.17, 15) is 9.50 Å². The monoisotopic (exact) mass is 221 g/mol. The van der Waals surface area contributed by atoms with Crippen LogP contribution in [-0.4, -0.2) is 5.11 Å². The summed E-state index contributed by atoms with van der Waals surface area (Å²) in [6.07, 6.45) is 0. The van der Waals surface area contributed by atoms with Crippen LogP contribution < -0.4 is 0 Å². The molecule has 75 valence electrons. The Morgan fingerprint density at radius 3 is 2.73 bits per heavy atom. The molecule has 0 bridgehead atoms. The molecule has 1 N–H and O–H groups in total. The number of hydrogen-bond donors (Lipinski definition) is 1. The predicted molar refractivity (Wildman–Crippen MR) is 57.3 cm³/mol. The molecule has 0 fully saturated rings. The van der Waals surface area contributed by atoms with Crippen molar-refractivity contribution in [2.45, 2.75) is 0 Å². The molecule has 0 unspecified atom stereocenters. The summed E-state index contributed by atoms with van der Waals surface area (Å²) < 4.78 is 13.0. The molecule has 0 spiro atoms. The molecule has 2 aromatic rings. The minimum atomic E-state index is -0.495. The van der Waals surface area contributed by atoms with Crippen molar-refractivity contribution < 1.29 is 9.50 Å². The number of phenols is 1. The summed E-state index contributed by atoms with van der Waals surface area (Å²) in [5.41, 5.74) is 1.18. The molecule has 3 heteroatoms. The Kier molecular flexibility index (Phi) is 2.60. The van der Waals surface area contributed by atoms with Gasteiger partial charge in [-0.1, -0.05) is 29.8 Å². The normalized spacial score (nSPS) is 10.3. The number of aromatic hydroxyl groups is 1. The number of rotatable bonds is 1. The van der Waals surface area contributed by atoms with Gasteiger partial charge in [0.2, 0.25) is 0 Å². The van der Waals surface area contributed by atoms with Gasteiger partial charge < -0.3 is 5.11 Å². The third kappa shape index (κ3) is 2.10. The van der Waals surface area contributed by atoms with Crippen LogP contribution in [0, 0.1) is 11.9 Å². The summed E-state index contributed by atoms with van der Waals surface area (Å²) in [5.74, 6) is -0.616. The van der Waals surface area contributed by atoms with E-state index in [2.05, 4.69) is 6.07 Å².